The number of aliphatic imine (C=N–C) groups is 1. The van der Waals surface area contributed by atoms with Crippen LogP contribution in [-0.4, -0.2) is 44.4 Å². The van der Waals surface area contributed by atoms with Gasteiger partial charge in [-0.2, -0.15) is 0 Å². The zero-order valence-electron chi connectivity index (χ0n) is 14.6. The molecule has 1 aromatic heterocycles. The molecule has 0 bridgehead atoms. The highest BCUT2D eigenvalue weighted by molar-refractivity contribution is 7.99. The highest BCUT2D eigenvalue weighted by Crippen LogP contribution is 2.37. The highest BCUT2D eigenvalue weighted by atomic mass is 32.2. The Bertz CT molecular complexity index is 778. The number of anilines is 1. The SMILES string of the molecule is COC(=O)NCCCN1CCSc2cc(N=C(N)c3cccs3)ccc21. The van der Waals surface area contributed by atoms with Gasteiger partial charge in [0.05, 0.1) is 23.4 Å². The van der Waals surface area contributed by atoms with E-state index in [-0.39, 0.29) is 6.09 Å². The monoisotopic (exact) mass is 390 g/mol. The second-order valence-corrected chi connectivity index (χ2v) is 7.82. The third-order valence-electron chi connectivity index (χ3n) is 3.99. The van der Waals surface area contributed by atoms with E-state index in [0.29, 0.717) is 12.4 Å². The fourth-order valence-corrected chi connectivity index (χ4v) is 4.43. The number of hydrogen-bond donors (Lipinski definition) is 2. The number of thiophene rings is 1. The predicted octanol–water partition coefficient (Wildman–Crippen LogP) is 3.44. The molecule has 1 aromatic carbocycles. The molecule has 8 heteroatoms. The molecule has 2 aromatic rings. The molecule has 0 spiro atoms. The van der Waals surface area contributed by atoms with E-state index in [2.05, 4.69) is 32.1 Å². The van der Waals surface area contributed by atoms with Gasteiger partial charge in [-0.25, -0.2) is 9.79 Å². The van der Waals surface area contributed by atoms with Crippen molar-refractivity contribution in [2.45, 2.75) is 11.3 Å². The third-order valence-corrected chi connectivity index (χ3v) is 5.90. The van der Waals surface area contributed by atoms with Gasteiger partial charge in [-0.05, 0) is 36.1 Å². The van der Waals surface area contributed by atoms with Crippen LogP contribution in [-0.2, 0) is 4.74 Å². The fourth-order valence-electron chi connectivity index (χ4n) is 2.72. The summed E-state index contributed by atoms with van der Waals surface area (Å²) in [6, 6.07) is 10.2. The van der Waals surface area contributed by atoms with Gasteiger partial charge >= 0.3 is 6.09 Å². The summed E-state index contributed by atoms with van der Waals surface area (Å²) in [4.78, 5) is 20.2. The van der Waals surface area contributed by atoms with Gasteiger partial charge in [-0.1, -0.05) is 6.07 Å². The Labute approximate surface area is 161 Å². The lowest BCUT2D eigenvalue weighted by molar-refractivity contribution is 0.171. The van der Waals surface area contributed by atoms with Crippen LogP contribution in [0.4, 0.5) is 16.2 Å². The summed E-state index contributed by atoms with van der Waals surface area (Å²) in [5, 5.41) is 4.71. The molecule has 0 unspecified atom stereocenters. The first-order valence-corrected chi connectivity index (χ1v) is 10.3. The minimum absolute atomic E-state index is 0.384. The Morgan fingerprint density at radius 3 is 3.08 bits per heavy atom. The van der Waals surface area contributed by atoms with E-state index >= 15 is 0 Å². The summed E-state index contributed by atoms with van der Waals surface area (Å²) in [6.45, 7) is 2.48. The maximum Gasteiger partial charge on any atom is 0.406 e. The smallest absolute Gasteiger partial charge is 0.406 e. The molecule has 26 heavy (non-hydrogen) atoms. The van der Waals surface area contributed by atoms with Gasteiger partial charge in [0.2, 0.25) is 0 Å². The topological polar surface area (TPSA) is 80.0 Å². The Hall–Kier alpha value is -2.19. The Morgan fingerprint density at radius 1 is 1.42 bits per heavy atom. The van der Waals surface area contributed by atoms with Gasteiger partial charge in [0.1, 0.15) is 5.84 Å². The van der Waals surface area contributed by atoms with Crippen LogP contribution in [0.3, 0.4) is 0 Å². The number of rotatable bonds is 6. The van der Waals surface area contributed by atoms with Crippen LogP contribution in [0.15, 0.2) is 45.6 Å². The minimum Gasteiger partial charge on any atom is -0.453 e. The van der Waals surface area contributed by atoms with E-state index in [9.17, 15) is 4.79 Å². The fraction of sp³-hybridized carbons (Fsp3) is 0.333. The van der Waals surface area contributed by atoms with Crippen LogP contribution in [0.2, 0.25) is 0 Å². The number of fused-ring (bicyclic) bond motifs is 1. The summed E-state index contributed by atoms with van der Waals surface area (Å²) in [5.74, 6) is 1.58. The molecule has 0 saturated heterocycles. The van der Waals surface area contributed by atoms with Gasteiger partial charge in [0.25, 0.3) is 0 Å². The first kappa shape index (κ1) is 18.6. The number of alkyl carbamates (subject to hydrolysis) is 1. The molecule has 0 radical (unpaired) electrons. The van der Waals surface area contributed by atoms with Crippen molar-refractivity contribution in [2.75, 3.05) is 37.4 Å². The summed E-state index contributed by atoms with van der Waals surface area (Å²) in [5.41, 5.74) is 8.18. The number of amides is 1. The number of carbonyl (C=O) groups excluding carboxylic acids is 1. The van der Waals surface area contributed by atoms with Crippen LogP contribution in [0.25, 0.3) is 0 Å². The van der Waals surface area contributed by atoms with Gasteiger partial charge in [-0.15, -0.1) is 23.1 Å². The lowest BCUT2D eigenvalue weighted by Gasteiger charge is -2.31. The Balaban J connectivity index is 1.65. The average molecular weight is 391 g/mol. The van der Waals surface area contributed by atoms with Crippen molar-refractivity contribution >= 4 is 46.4 Å². The van der Waals surface area contributed by atoms with E-state index in [1.807, 2.05) is 35.3 Å². The molecular weight excluding hydrogens is 368 g/mol. The van der Waals surface area contributed by atoms with Crippen LogP contribution >= 0.6 is 23.1 Å². The Morgan fingerprint density at radius 2 is 2.31 bits per heavy atom. The predicted molar refractivity (Wildman–Crippen MR) is 109 cm³/mol. The van der Waals surface area contributed by atoms with Crippen LogP contribution in [0, 0.1) is 0 Å². The standard InChI is InChI=1S/C18H22N4O2S2/c1-24-18(23)20-7-3-8-22-9-11-26-16-12-13(5-6-14(16)22)21-17(19)15-4-2-10-25-15/h2,4-6,10,12H,3,7-9,11H2,1H3,(H2,19,21)(H,20,23). The molecule has 0 aliphatic carbocycles. The number of thioether (sulfide) groups is 1. The molecular formula is C18H22N4O2S2. The number of ether oxygens (including phenoxy) is 1. The summed E-state index contributed by atoms with van der Waals surface area (Å²) >= 11 is 3.43. The molecule has 1 aliphatic rings. The molecule has 138 valence electrons. The van der Waals surface area contributed by atoms with E-state index in [1.54, 1.807) is 11.3 Å². The Kier molecular flexibility index (Phi) is 6.40. The van der Waals surface area contributed by atoms with Gasteiger partial charge < -0.3 is 20.7 Å². The molecule has 0 atom stereocenters. The zero-order chi connectivity index (χ0) is 18.4. The molecule has 1 aliphatic heterocycles. The number of nitrogens with zero attached hydrogens (tertiary/aromatic N) is 2. The van der Waals surface area contributed by atoms with Gasteiger partial charge in [0.15, 0.2) is 0 Å². The maximum absolute atomic E-state index is 11.1. The number of hydrogen-bond acceptors (Lipinski definition) is 6. The third kappa shape index (κ3) is 4.70. The van der Waals surface area contributed by atoms with Crippen molar-refractivity contribution in [2.24, 2.45) is 10.7 Å². The number of nitrogens with two attached hydrogens (primary N) is 1. The average Bonchev–Trinajstić information content (AvgIpc) is 3.19. The number of amidine groups is 1. The van der Waals surface area contributed by atoms with Gasteiger partial charge in [-0.3, -0.25) is 0 Å². The van der Waals surface area contributed by atoms with E-state index in [1.165, 1.54) is 17.7 Å². The van der Waals surface area contributed by atoms with Crippen molar-refractivity contribution in [3.63, 3.8) is 0 Å². The number of carbonyl (C=O) groups is 1. The molecule has 0 fully saturated rings. The molecule has 3 N–H and O–H groups in total. The molecule has 1 amide bonds. The summed E-state index contributed by atoms with van der Waals surface area (Å²) in [6.07, 6.45) is 0.482. The van der Waals surface area contributed by atoms with Crippen molar-refractivity contribution in [3.05, 3.63) is 40.6 Å². The number of methoxy groups -OCH3 is 1. The normalized spacial score (nSPS) is 14.0. The van der Waals surface area contributed by atoms with E-state index in [0.717, 1.165) is 35.8 Å². The van der Waals surface area contributed by atoms with Crippen LogP contribution in [0.1, 0.15) is 11.3 Å². The number of benzene rings is 1. The lowest BCUT2D eigenvalue weighted by Crippen LogP contribution is -2.33. The number of nitrogens with one attached hydrogen (secondary N) is 1. The molecule has 0 saturated carbocycles. The quantitative estimate of drug-likeness (QED) is 0.449. The largest absolute Gasteiger partial charge is 0.453 e. The van der Waals surface area contributed by atoms with E-state index in [4.69, 9.17) is 5.73 Å². The second-order valence-electron chi connectivity index (χ2n) is 5.73. The van der Waals surface area contributed by atoms with Crippen molar-refractivity contribution in [1.82, 2.24) is 5.32 Å². The summed E-state index contributed by atoms with van der Waals surface area (Å²) < 4.78 is 4.58. The van der Waals surface area contributed by atoms with Crippen molar-refractivity contribution in [3.8, 4) is 0 Å². The first-order valence-electron chi connectivity index (χ1n) is 8.39. The van der Waals surface area contributed by atoms with Crippen molar-refractivity contribution in [1.29, 1.82) is 0 Å². The zero-order valence-corrected chi connectivity index (χ0v) is 16.2. The maximum atomic E-state index is 11.1. The summed E-state index contributed by atoms with van der Waals surface area (Å²) in [7, 11) is 1.37. The minimum atomic E-state index is -0.384. The molecule has 3 rings (SSSR count). The first-order chi connectivity index (χ1) is 12.7. The van der Waals surface area contributed by atoms with Crippen molar-refractivity contribution < 1.29 is 9.53 Å². The van der Waals surface area contributed by atoms with E-state index < -0.39 is 0 Å². The lowest BCUT2D eigenvalue weighted by atomic mass is 10.2. The molecule has 6 nitrogen and oxygen atoms in total. The van der Waals surface area contributed by atoms with Crippen LogP contribution < -0.4 is 16.0 Å². The highest BCUT2D eigenvalue weighted by Gasteiger charge is 2.17. The second kappa shape index (κ2) is 8.95. The van der Waals surface area contributed by atoms with Gasteiger partial charge in [0, 0.05) is 30.3 Å². The van der Waals surface area contributed by atoms with Crippen LogP contribution in [0.5, 0.6) is 0 Å². The molecule has 2 heterocycles.